The summed E-state index contributed by atoms with van der Waals surface area (Å²) in [5.41, 5.74) is 6.55. The van der Waals surface area contributed by atoms with E-state index < -0.39 is 23.8 Å². The highest BCUT2D eigenvalue weighted by molar-refractivity contribution is 5.53. The zero-order valence-electron chi connectivity index (χ0n) is 23.9. The number of halogens is 4. The zero-order valence-corrected chi connectivity index (χ0v) is 23.9. The second-order valence-corrected chi connectivity index (χ2v) is 12.6. The first-order valence-electron chi connectivity index (χ1n) is 14.6. The maximum Gasteiger partial charge on any atom is 0.418 e. The first-order chi connectivity index (χ1) is 19.4. The highest BCUT2D eigenvalue weighted by atomic mass is 19.4. The van der Waals surface area contributed by atoms with Gasteiger partial charge in [0.15, 0.2) is 0 Å². The van der Waals surface area contributed by atoms with Crippen molar-refractivity contribution in [1.29, 1.82) is 0 Å². The number of aromatic nitrogens is 3. The molecule has 4 atom stereocenters. The maximum atomic E-state index is 14.4. The van der Waals surface area contributed by atoms with Gasteiger partial charge in [-0.1, -0.05) is 6.92 Å². The summed E-state index contributed by atoms with van der Waals surface area (Å²) in [5.74, 6) is 0.655. The average molecular weight is 578 g/mol. The van der Waals surface area contributed by atoms with Crippen LogP contribution in [0.25, 0.3) is 0 Å². The number of alkyl halides is 4. The third-order valence-electron chi connectivity index (χ3n) is 9.57. The van der Waals surface area contributed by atoms with Gasteiger partial charge in [0.2, 0.25) is 0 Å². The minimum absolute atomic E-state index is 0.0230. The molecule has 0 amide bonds. The molecule has 2 aromatic rings. The minimum atomic E-state index is -4.55. The van der Waals surface area contributed by atoms with Gasteiger partial charge in [-0.15, -0.1) is 0 Å². The van der Waals surface area contributed by atoms with Crippen LogP contribution < -0.4 is 20.7 Å². The van der Waals surface area contributed by atoms with Crippen molar-refractivity contribution >= 4 is 11.6 Å². The summed E-state index contributed by atoms with van der Waals surface area (Å²) in [6.45, 7) is 7.61. The number of pyridine rings is 1. The maximum absolute atomic E-state index is 14.4. The quantitative estimate of drug-likeness (QED) is 0.479. The highest BCUT2D eigenvalue weighted by Gasteiger charge is 2.49. The van der Waals surface area contributed by atoms with E-state index in [1.54, 1.807) is 0 Å². The number of rotatable bonds is 7. The Morgan fingerprint density at radius 1 is 1.22 bits per heavy atom. The fourth-order valence-corrected chi connectivity index (χ4v) is 7.45. The molecule has 3 N–H and O–H groups in total. The van der Waals surface area contributed by atoms with Gasteiger partial charge in [0.25, 0.3) is 0 Å². The van der Waals surface area contributed by atoms with Gasteiger partial charge in [0, 0.05) is 57.0 Å². The van der Waals surface area contributed by atoms with Crippen LogP contribution in [0.5, 0.6) is 6.01 Å². The van der Waals surface area contributed by atoms with Crippen molar-refractivity contribution < 1.29 is 22.3 Å². The molecule has 1 unspecified atom stereocenters. The average Bonchev–Trinajstić information content (AvgIpc) is 3.38. The van der Waals surface area contributed by atoms with Gasteiger partial charge in [-0.25, -0.2) is 9.37 Å². The Labute approximate surface area is 238 Å². The topological polar surface area (TPSA) is 92.4 Å². The van der Waals surface area contributed by atoms with E-state index in [0.717, 1.165) is 50.4 Å². The molecule has 3 saturated heterocycles. The second kappa shape index (κ2) is 10.5. The smallest absolute Gasteiger partial charge is 0.418 e. The molecule has 3 fully saturated rings. The van der Waals surface area contributed by atoms with Crippen LogP contribution in [0.2, 0.25) is 0 Å². The van der Waals surface area contributed by atoms with Crippen molar-refractivity contribution in [3.63, 3.8) is 0 Å². The van der Waals surface area contributed by atoms with E-state index >= 15 is 0 Å². The van der Waals surface area contributed by atoms with Crippen molar-refractivity contribution in [3.8, 4) is 6.01 Å². The van der Waals surface area contributed by atoms with Crippen molar-refractivity contribution in [2.75, 3.05) is 57.0 Å². The van der Waals surface area contributed by atoms with Crippen molar-refractivity contribution in [1.82, 2.24) is 25.2 Å². The fraction of sp³-hybridized carbons (Fsp3) is 0.690. The Bertz CT molecular complexity index is 1300. The SMILES string of the molecule is Cc1cc(N)nc([C@H]2Cc3nc(OCC45CCCN4C[C@H](F)C5)nc(N(C)CC4CNC4)c3C[C@@H]2C)c1C(F)(F)F. The second-order valence-electron chi connectivity index (χ2n) is 12.6. The summed E-state index contributed by atoms with van der Waals surface area (Å²) in [5, 5.41) is 3.30. The lowest BCUT2D eigenvalue weighted by molar-refractivity contribution is -0.139. The van der Waals surface area contributed by atoms with Crippen molar-refractivity contribution in [2.45, 2.75) is 69.8 Å². The normalized spacial score (nSPS) is 28.3. The Kier molecular flexibility index (Phi) is 7.28. The molecule has 1 aliphatic carbocycles. The summed E-state index contributed by atoms with van der Waals surface area (Å²) in [7, 11) is 1.99. The molecule has 6 rings (SSSR count). The summed E-state index contributed by atoms with van der Waals surface area (Å²) in [4.78, 5) is 18.2. The van der Waals surface area contributed by atoms with Crippen molar-refractivity contribution in [3.05, 3.63) is 34.1 Å². The van der Waals surface area contributed by atoms with Gasteiger partial charge < -0.3 is 20.7 Å². The lowest BCUT2D eigenvalue weighted by Gasteiger charge is -2.36. The van der Waals surface area contributed by atoms with E-state index in [-0.39, 0.29) is 47.6 Å². The fourth-order valence-electron chi connectivity index (χ4n) is 7.45. The van der Waals surface area contributed by atoms with Crippen LogP contribution in [0, 0.1) is 18.8 Å². The number of hydrogen-bond acceptors (Lipinski definition) is 8. The van der Waals surface area contributed by atoms with E-state index in [1.165, 1.54) is 13.0 Å². The lowest BCUT2D eigenvalue weighted by atomic mass is 9.75. The molecule has 0 radical (unpaired) electrons. The lowest BCUT2D eigenvalue weighted by Crippen LogP contribution is -2.48. The van der Waals surface area contributed by atoms with Gasteiger partial charge in [-0.05, 0) is 56.7 Å². The Balaban J connectivity index is 1.35. The van der Waals surface area contributed by atoms with Gasteiger partial charge >= 0.3 is 12.2 Å². The van der Waals surface area contributed by atoms with Crippen LogP contribution in [0.4, 0.5) is 29.2 Å². The highest BCUT2D eigenvalue weighted by Crippen LogP contribution is 2.45. The van der Waals surface area contributed by atoms with E-state index in [9.17, 15) is 17.6 Å². The number of hydrogen-bond donors (Lipinski definition) is 2. The molecule has 0 saturated carbocycles. The summed E-state index contributed by atoms with van der Waals surface area (Å²) < 4.78 is 63.3. The molecular formula is C29H39F4N7O. The summed E-state index contributed by atoms with van der Waals surface area (Å²) >= 11 is 0. The molecule has 224 valence electrons. The van der Waals surface area contributed by atoms with Gasteiger partial charge in [0.1, 0.15) is 24.4 Å². The number of nitrogens with zero attached hydrogens (tertiary/aromatic N) is 5. The molecule has 41 heavy (non-hydrogen) atoms. The van der Waals surface area contributed by atoms with Crippen LogP contribution in [-0.2, 0) is 19.0 Å². The molecule has 0 aromatic carbocycles. The first kappa shape index (κ1) is 28.4. The van der Waals surface area contributed by atoms with Crippen LogP contribution in [0.3, 0.4) is 0 Å². The number of nitrogens with one attached hydrogen (secondary N) is 1. The van der Waals surface area contributed by atoms with Crippen LogP contribution >= 0.6 is 0 Å². The third kappa shape index (κ3) is 5.33. The number of anilines is 2. The predicted octanol–water partition coefficient (Wildman–Crippen LogP) is 3.91. The van der Waals surface area contributed by atoms with Crippen LogP contribution in [0.1, 0.15) is 60.2 Å². The first-order valence-corrected chi connectivity index (χ1v) is 14.6. The standard InChI is InChI=1S/C29H39F4N7O/c1-16-7-21-22(9-20(16)25-24(29(31,32)33)17(2)8-23(34)37-25)36-27(38-26(21)39(3)13-18-11-35-12-18)41-15-28-5-4-6-40(28)14-19(30)10-28/h8,16,18-20,35H,4-7,9-15H2,1-3H3,(H2,34,37)/t16-,19+,20-,28?/m0/s1. The largest absolute Gasteiger partial charge is 0.461 e. The minimum Gasteiger partial charge on any atom is -0.461 e. The van der Waals surface area contributed by atoms with E-state index in [1.807, 2.05) is 14.0 Å². The Hall–Kier alpha value is -2.73. The molecule has 5 heterocycles. The van der Waals surface area contributed by atoms with E-state index in [4.69, 9.17) is 20.4 Å². The van der Waals surface area contributed by atoms with Gasteiger partial charge in [0.05, 0.1) is 22.5 Å². The predicted molar refractivity (Wildman–Crippen MR) is 148 cm³/mol. The number of ether oxygens (including phenoxy) is 1. The Morgan fingerprint density at radius 2 is 2.00 bits per heavy atom. The van der Waals surface area contributed by atoms with Crippen molar-refractivity contribution in [2.24, 2.45) is 11.8 Å². The van der Waals surface area contributed by atoms with Gasteiger partial charge in [-0.2, -0.15) is 23.1 Å². The summed E-state index contributed by atoms with van der Waals surface area (Å²) in [6, 6.07) is 1.47. The molecule has 4 aliphatic rings. The molecule has 2 aromatic heterocycles. The third-order valence-corrected chi connectivity index (χ3v) is 9.57. The molecule has 3 aliphatic heterocycles. The molecule has 0 spiro atoms. The summed E-state index contributed by atoms with van der Waals surface area (Å²) in [6.07, 6.45) is -2.36. The molecule has 12 heteroatoms. The van der Waals surface area contributed by atoms with E-state index in [2.05, 4.69) is 20.1 Å². The van der Waals surface area contributed by atoms with Gasteiger partial charge in [-0.3, -0.25) is 4.90 Å². The molecule has 0 bridgehead atoms. The number of fused-ring (bicyclic) bond motifs is 2. The number of nitrogen functional groups attached to an aromatic ring is 1. The zero-order chi connectivity index (χ0) is 29.1. The monoisotopic (exact) mass is 577 g/mol. The number of aryl methyl sites for hydroxylation is 1. The van der Waals surface area contributed by atoms with E-state index in [0.29, 0.717) is 31.0 Å². The molecule has 8 nitrogen and oxygen atoms in total. The van der Waals surface area contributed by atoms with Crippen LogP contribution in [-0.4, -0.2) is 77.9 Å². The van der Waals surface area contributed by atoms with Crippen LogP contribution in [0.15, 0.2) is 6.07 Å². The Morgan fingerprint density at radius 3 is 2.71 bits per heavy atom. The molecular weight excluding hydrogens is 538 g/mol. The number of nitrogens with two attached hydrogens (primary N) is 1.